The van der Waals surface area contributed by atoms with Gasteiger partial charge in [0.15, 0.2) is 0 Å². The fourth-order valence-corrected chi connectivity index (χ4v) is 3.15. The van der Waals surface area contributed by atoms with Crippen LogP contribution >= 0.6 is 15.9 Å². The number of nitrogens with one attached hydrogen (secondary N) is 1. The van der Waals surface area contributed by atoms with E-state index in [2.05, 4.69) is 21.2 Å². The maximum Gasteiger partial charge on any atom is 0.247 e. The molecule has 1 fully saturated rings. The van der Waals surface area contributed by atoms with Gasteiger partial charge in [-0.2, -0.15) is 0 Å². The van der Waals surface area contributed by atoms with Gasteiger partial charge in [0.2, 0.25) is 11.8 Å². The average Bonchev–Trinajstić information content (AvgIpc) is 2.76. The van der Waals surface area contributed by atoms with Gasteiger partial charge < -0.3 is 5.32 Å². The van der Waals surface area contributed by atoms with E-state index in [0.29, 0.717) is 6.54 Å². The Balaban J connectivity index is 2.01. The minimum Gasteiger partial charge on any atom is -0.301 e. The lowest BCUT2D eigenvalue weighted by molar-refractivity contribution is -0.141. The average molecular weight is 353 g/mol. The molecular weight excluding hydrogens is 332 g/mol. The molecule has 1 aliphatic rings. The third kappa shape index (κ3) is 3.52. The van der Waals surface area contributed by atoms with Gasteiger partial charge in [0.05, 0.1) is 12.5 Å². The van der Waals surface area contributed by atoms with Crippen molar-refractivity contribution < 1.29 is 9.59 Å². The third-order valence-electron chi connectivity index (χ3n) is 3.99. The minimum absolute atomic E-state index is 0.0280. The van der Waals surface area contributed by atoms with Gasteiger partial charge in [-0.25, -0.2) is 0 Å². The van der Waals surface area contributed by atoms with Gasteiger partial charge in [0, 0.05) is 17.1 Å². The standard InChI is InChI=1S/C16H21BrN2O2/c1-3-12(4-2)19-15(20)9-14(16(19)21)18-10-11-7-5-6-8-13(11)17/h5-8,12,14,18H,3-4,9-10H2,1-2H3. The number of imide groups is 1. The number of benzene rings is 1. The van der Waals surface area contributed by atoms with Gasteiger partial charge in [-0.3, -0.25) is 14.5 Å². The van der Waals surface area contributed by atoms with Crippen LogP contribution in [0.3, 0.4) is 0 Å². The number of carbonyl (C=O) groups is 2. The highest BCUT2D eigenvalue weighted by Crippen LogP contribution is 2.21. The highest BCUT2D eigenvalue weighted by molar-refractivity contribution is 9.10. The summed E-state index contributed by atoms with van der Waals surface area (Å²) < 4.78 is 1.01. The fourth-order valence-electron chi connectivity index (χ4n) is 2.72. The first-order chi connectivity index (χ1) is 10.1. The van der Waals surface area contributed by atoms with Crippen molar-refractivity contribution >= 4 is 27.7 Å². The Morgan fingerprint density at radius 2 is 1.95 bits per heavy atom. The summed E-state index contributed by atoms with van der Waals surface area (Å²) in [5.74, 6) is -0.140. The highest BCUT2D eigenvalue weighted by Gasteiger charge is 2.40. The molecule has 1 atom stereocenters. The van der Waals surface area contributed by atoms with Crippen molar-refractivity contribution in [3.05, 3.63) is 34.3 Å². The summed E-state index contributed by atoms with van der Waals surface area (Å²) in [5, 5.41) is 3.21. The quantitative estimate of drug-likeness (QED) is 0.800. The van der Waals surface area contributed by atoms with E-state index in [0.717, 1.165) is 22.9 Å². The molecule has 0 spiro atoms. The van der Waals surface area contributed by atoms with E-state index in [9.17, 15) is 9.59 Å². The molecule has 1 aromatic carbocycles. The van der Waals surface area contributed by atoms with E-state index < -0.39 is 6.04 Å². The summed E-state index contributed by atoms with van der Waals surface area (Å²) in [4.78, 5) is 26.0. The minimum atomic E-state index is -0.398. The van der Waals surface area contributed by atoms with E-state index in [1.165, 1.54) is 4.90 Å². The second-order valence-electron chi connectivity index (χ2n) is 5.30. The number of amides is 2. The number of carbonyl (C=O) groups excluding carboxylic acids is 2. The number of hydrogen-bond donors (Lipinski definition) is 1. The fraction of sp³-hybridized carbons (Fsp3) is 0.500. The van der Waals surface area contributed by atoms with Crippen LogP contribution in [0, 0.1) is 0 Å². The lowest BCUT2D eigenvalue weighted by atomic mass is 10.1. The first kappa shape index (κ1) is 16.2. The summed E-state index contributed by atoms with van der Waals surface area (Å²) in [5.41, 5.74) is 1.08. The van der Waals surface area contributed by atoms with E-state index in [4.69, 9.17) is 0 Å². The Labute approximate surface area is 134 Å². The Morgan fingerprint density at radius 3 is 2.57 bits per heavy atom. The van der Waals surface area contributed by atoms with Gasteiger partial charge in [-0.15, -0.1) is 0 Å². The van der Waals surface area contributed by atoms with E-state index in [1.807, 2.05) is 38.1 Å². The van der Waals surface area contributed by atoms with Crippen molar-refractivity contribution in [3.8, 4) is 0 Å². The molecule has 5 heteroatoms. The molecule has 1 aliphatic heterocycles. The SMILES string of the molecule is CCC(CC)N1C(=O)CC(NCc2ccccc2Br)C1=O. The second kappa shape index (κ2) is 7.18. The van der Waals surface area contributed by atoms with E-state index in [1.54, 1.807) is 0 Å². The summed E-state index contributed by atoms with van der Waals surface area (Å²) in [6, 6.07) is 7.50. The molecule has 1 aromatic rings. The second-order valence-corrected chi connectivity index (χ2v) is 6.16. The van der Waals surface area contributed by atoms with Crippen LogP contribution < -0.4 is 5.32 Å². The van der Waals surface area contributed by atoms with Crippen LogP contribution in [-0.4, -0.2) is 28.8 Å². The molecular formula is C16H21BrN2O2. The molecule has 1 saturated heterocycles. The molecule has 0 aromatic heterocycles. The number of rotatable bonds is 6. The summed E-state index contributed by atoms with van der Waals surface area (Å²) in [7, 11) is 0. The predicted octanol–water partition coefficient (Wildman–Crippen LogP) is 2.85. The molecule has 2 amide bonds. The van der Waals surface area contributed by atoms with Gasteiger partial charge in [-0.05, 0) is 24.5 Å². The summed E-state index contributed by atoms with van der Waals surface area (Å²) >= 11 is 3.49. The zero-order valence-corrected chi connectivity index (χ0v) is 14.0. The largest absolute Gasteiger partial charge is 0.301 e. The smallest absolute Gasteiger partial charge is 0.247 e. The van der Waals surface area contributed by atoms with Crippen LogP contribution in [0.2, 0.25) is 0 Å². The van der Waals surface area contributed by atoms with Crippen molar-refractivity contribution in [2.45, 2.75) is 51.7 Å². The molecule has 0 saturated carbocycles. The van der Waals surface area contributed by atoms with Crippen LogP contribution in [-0.2, 0) is 16.1 Å². The van der Waals surface area contributed by atoms with Gasteiger partial charge >= 0.3 is 0 Å². The summed E-state index contributed by atoms with van der Waals surface area (Å²) in [6.45, 7) is 4.59. The Kier molecular flexibility index (Phi) is 5.53. The molecule has 1 heterocycles. The molecule has 4 nitrogen and oxygen atoms in total. The Morgan fingerprint density at radius 1 is 1.29 bits per heavy atom. The zero-order valence-electron chi connectivity index (χ0n) is 12.4. The maximum atomic E-state index is 12.4. The van der Waals surface area contributed by atoms with Gasteiger partial charge in [0.1, 0.15) is 0 Å². The number of nitrogens with zero attached hydrogens (tertiary/aromatic N) is 1. The van der Waals surface area contributed by atoms with Crippen molar-refractivity contribution in [1.82, 2.24) is 10.2 Å². The predicted molar refractivity (Wildman–Crippen MR) is 85.6 cm³/mol. The van der Waals surface area contributed by atoms with Crippen molar-refractivity contribution in [3.63, 3.8) is 0 Å². The van der Waals surface area contributed by atoms with Crippen molar-refractivity contribution in [2.75, 3.05) is 0 Å². The van der Waals surface area contributed by atoms with Crippen molar-refractivity contribution in [2.24, 2.45) is 0 Å². The lowest BCUT2D eigenvalue weighted by Crippen LogP contribution is -2.43. The molecule has 0 aliphatic carbocycles. The highest BCUT2D eigenvalue weighted by atomic mass is 79.9. The first-order valence-electron chi connectivity index (χ1n) is 7.41. The van der Waals surface area contributed by atoms with Gasteiger partial charge in [0.25, 0.3) is 0 Å². The molecule has 0 radical (unpaired) electrons. The van der Waals surface area contributed by atoms with Crippen LogP contribution in [0.4, 0.5) is 0 Å². The molecule has 0 bridgehead atoms. The Bertz CT molecular complexity index is 529. The number of likely N-dealkylation sites (tertiary alicyclic amines) is 1. The van der Waals surface area contributed by atoms with Crippen LogP contribution in [0.5, 0.6) is 0 Å². The summed E-state index contributed by atoms with van der Waals surface area (Å²) in [6.07, 6.45) is 1.88. The number of hydrogen-bond acceptors (Lipinski definition) is 3. The molecule has 21 heavy (non-hydrogen) atoms. The Hall–Kier alpha value is -1.20. The van der Waals surface area contributed by atoms with Crippen LogP contribution in [0.1, 0.15) is 38.7 Å². The molecule has 114 valence electrons. The van der Waals surface area contributed by atoms with Crippen molar-refractivity contribution in [1.29, 1.82) is 0 Å². The van der Waals surface area contributed by atoms with E-state index >= 15 is 0 Å². The zero-order chi connectivity index (χ0) is 15.4. The van der Waals surface area contributed by atoms with Gasteiger partial charge in [-0.1, -0.05) is 48.0 Å². The third-order valence-corrected chi connectivity index (χ3v) is 4.76. The normalized spacial score (nSPS) is 18.9. The first-order valence-corrected chi connectivity index (χ1v) is 8.20. The monoisotopic (exact) mass is 352 g/mol. The molecule has 2 rings (SSSR count). The molecule has 1 unspecified atom stereocenters. The van der Waals surface area contributed by atoms with Crippen LogP contribution in [0.15, 0.2) is 28.7 Å². The van der Waals surface area contributed by atoms with E-state index in [-0.39, 0.29) is 24.3 Å². The van der Waals surface area contributed by atoms with Crippen LogP contribution in [0.25, 0.3) is 0 Å². The maximum absolute atomic E-state index is 12.4. The topological polar surface area (TPSA) is 49.4 Å². The molecule has 1 N–H and O–H groups in total. The number of halogens is 1. The lowest BCUT2D eigenvalue weighted by Gasteiger charge is -2.24.